The highest BCUT2D eigenvalue weighted by Gasteiger charge is 2.26. The van der Waals surface area contributed by atoms with E-state index in [0.29, 0.717) is 11.6 Å². The summed E-state index contributed by atoms with van der Waals surface area (Å²) in [7, 11) is 0. The highest BCUT2D eigenvalue weighted by molar-refractivity contribution is 14.1. The van der Waals surface area contributed by atoms with Crippen molar-refractivity contribution in [2.24, 2.45) is 5.92 Å². The highest BCUT2D eigenvalue weighted by atomic mass is 127. The van der Waals surface area contributed by atoms with Crippen molar-refractivity contribution in [1.29, 1.82) is 0 Å². The van der Waals surface area contributed by atoms with Crippen molar-refractivity contribution < 1.29 is 17.9 Å². The fourth-order valence-electron chi connectivity index (χ4n) is 1.36. The van der Waals surface area contributed by atoms with Gasteiger partial charge in [0, 0.05) is 12.7 Å². The van der Waals surface area contributed by atoms with E-state index >= 15 is 0 Å². The number of halogens is 4. The minimum atomic E-state index is -4.16. The van der Waals surface area contributed by atoms with Gasteiger partial charge in [-0.1, -0.05) is 13.8 Å². The van der Waals surface area contributed by atoms with Gasteiger partial charge in [-0.25, -0.2) is 0 Å². The van der Waals surface area contributed by atoms with Crippen molar-refractivity contribution in [2.75, 3.05) is 6.61 Å². The summed E-state index contributed by atoms with van der Waals surface area (Å²) in [6.07, 6.45) is -3.20. The van der Waals surface area contributed by atoms with E-state index in [0.717, 1.165) is 10.1 Å². The minimum absolute atomic E-state index is 0.124. The van der Waals surface area contributed by atoms with Crippen LogP contribution < -0.4 is 0 Å². The molecule has 0 aliphatic carbocycles. The van der Waals surface area contributed by atoms with Gasteiger partial charge in [0.25, 0.3) is 0 Å². The lowest BCUT2D eigenvalue weighted by atomic mass is 10.2. The van der Waals surface area contributed by atoms with Gasteiger partial charge in [-0.05, 0) is 28.5 Å². The highest BCUT2D eigenvalue weighted by Crippen LogP contribution is 2.19. The van der Waals surface area contributed by atoms with E-state index in [1.54, 1.807) is 4.68 Å². The summed E-state index contributed by atoms with van der Waals surface area (Å²) in [5.41, 5.74) is 0.693. The van der Waals surface area contributed by atoms with Crippen LogP contribution in [0.4, 0.5) is 13.2 Å². The third-order valence-corrected chi connectivity index (χ3v) is 3.01. The molecule has 1 heterocycles. The van der Waals surface area contributed by atoms with Crippen molar-refractivity contribution in [3.63, 3.8) is 0 Å². The maximum absolute atomic E-state index is 11.9. The molecular formula is C11H16F3IN2O. The molecule has 0 aliphatic rings. The summed E-state index contributed by atoms with van der Waals surface area (Å²) in [4.78, 5) is 0. The van der Waals surface area contributed by atoms with Crippen molar-refractivity contribution in [3.8, 4) is 0 Å². The number of aromatic nitrogens is 2. The van der Waals surface area contributed by atoms with Crippen LogP contribution in [0, 0.1) is 9.49 Å². The molecule has 0 atom stereocenters. The Morgan fingerprint density at radius 1 is 1.44 bits per heavy atom. The molecule has 0 spiro atoms. The molecule has 1 rings (SSSR count). The van der Waals surface area contributed by atoms with Crippen LogP contribution in [0.5, 0.6) is 0 Å². The molecule has 0 N–H and O–H groups in total. The maximum atomic E-state index is 11.9. The molecule has 0 saturated carbocycles. The summed E-state index contributed by atoms with van der Waals surface area (Å²) in [5.74, 6) is 0.472. The van der Waals surface area contributed by atoms with Crippen molar-refractivity contribution >= 4 is 22.6 Å². The number of rotatable bonds is 6. The first kappa shape index (κ1) is 15.7. The third kappa shape index (κ3) is 6.03. The SMILES string of the molecule is CC(C)Cn1cc(I)c(COCCC(F)(F)F)n1. The predicted molar refractivity (Wildman–Crippen MR) is 70.1 cm³/mol. The first-order valence-electron chi connectivity index (χ1n) is 5.64. The predicted octanol–water partition coefficient (Wildman–Crippen LogP) is 3.61. The molecule has 0 amide bonds. The van der Waals surface area contributed by atoms with Gasteiger partial charge in [0.2, 0.25) is 0 Å². The average molecular weight is 376 g/mol. The van der Waals surface area contributed by atoms with Gasteiger partial charge in [0.15, 0.2) is 0 Å². The lowest BCUT2D eigenvalue weighted by Gasteiger charge is -2.06. The van der Waals surface area contributed by atoms with Gasteiger partial charge in [-0.2, -0.15) is 18.3 Å². The molecule has 18 heavy (non-hydrogen) atoms. The molecule has 0 saturated heterocycles. The van der Waals surface area contributed by atoms with E-state index < -0.39 is 12.6 Å². The Labute approximate surface area is 118 Å². The molecule has 0 radical (unpaired) electrons. The van der Waals surface area contributed by atoms with Gasteiger partial charge in [-0.15, -0.1) is 0 Å². The Kier molecular flexibility index (Phi) is 5.90. The molecule has 1 aromatic rings. The van der Waals surface area contributed by atoms with Crippen LogP contribution in [0.2, 0.25) is 0 Å². The lowest BCUT2D eigenvalue weighted by Crippen LogP contribution is -2.12. The largest absolute Gasteiger partial charge is 0.391 e. The van der Waals surface area contributed by atoms with E-state index in [-0.39, 0.29) is 13.2 Å². The molecule has 0 aromatic carbocycles. The fourth-order valence-corrected chi connectivity index (χ4v) is 1.94. The quantitative estimate of drug-likeness (QED) is 0.560. The molecule has 0 unspecified atom stereocenters. The van der Waals surface area contributed by atoms with Crippen LogP contribution in [0.3, 0.4) is 0 Å². The van der Waals surface area contributed by atoms with Crippen molar-refractivity contribution in [2.45, 2.75) is 39.6 Å². The van der Waals surface area contributed by atoms with E-state index in [2.05, 4.69) is 41.5 Å². The van der Waals surface area contributed by atoms with E-state index in [1.807, 2.05) is 6.20 Å². The topological polar surface area (TPSA) is 27.1 Å². The second kappa shape index (κ2) is 6.74. The molecule has 0 fully saturated rings. The summed E-state index contributed by atoms with van der Waals surface area (Å²) in [5, 5.41) is 4.29. The van der Waals surface area contributed by atoms with Crippen LogP contribution in [0.25, 0.3) is 0 Å². The number of alkyl halides is 3. The Hall–Kier alpha value is -0.310. The van der Waals surface area contributed by atoms with Gasteiger partial charge < -0.3 is 4.74 Å². The molecule has 3 nitrogen and oxygen atoms in total. The Morgan fingerprint density at radius 3 is 2.67 bits per heavy atom. The normalized spacial score (nSPS) is 12.4. The number of hydrogen-bond acceptors (Lipinski definition) is 2. The number of nitrogens with zero attached hydrogens (tertiary/aromatic N) is 2. The fraction of sp³-hybridized carbons (Fsp3) is 0.727. The van der Waals surface area contributed by atoms with E-state index in [1.165, 1.54) is 0 Å². The molecule has 104 valence electrons. The Bertz CT molecular complexity index is 377. The molecule has 7 heteroatoms. The van der Waals surface area contributed by atoms with Crippen molar-refractivity contribution in [1.82, 2.24) is 9.78 Å². The molecule has 0 aliphatic heterocycles. The summed E-state index contributed by atoms with van der Waals surface area (Å²) >= 11 is 2.11. The second-order valence-corrected chi connectivity index (χ2v) is 5.62. The van der Waals surface area contributed by atoms with Gasteiger partial charge in [0.1, 0.15) is 5.69 Å². The Balaban J connectivity index is 2.40. The van der Waals surface area contributed by atoms with Crippen LogP contribution in [-0.4, -0.2) is 22.6 Å². The standard InChI is InChI=1S/C11H16F3IN2O/c1-8(2)5-17-6-9(15)10(16-17)7-18-4-3-11(12,13)14/h6,8H,3-5,7H2,1-2H3. The number of ether oxygens (including phenoxy) is 1. The van der Waals surface area contributed by atoms with Crippen molar-refractivity contribution in [3.05, 3.63) is 15.5 Å². The van der Waals surface area contributed by atoms with E-state index in [9.17, 15) is 13.2 Å². The zero-order valence-corrected chi connectivity index (χ0v) is 12.5. The second-order valence-electron chi connectivity index (χ2n) is 4.46. The first-order chi connectivity index (χ1) is 8.28. The number of hydrogen-bond donors (Lipinski definition) is 0. The van der Waals surface area contributed by atoms with E-state index in [4.69, 9.17) is 4.74 Å². The van der Waals surface area contributed by atoms with Crippen LogP contribution >= 0.6 is 22.6 Å². The molecule has 0 bridgehead atoms. The smallest absolute Gasteiger partial charge is 0.375 e. The zero-order chi connectivity index (χ0) is 13.8. The third-order valence-electron chi connectivity index (χ3n) is 2.11. The van der Waals surface area contributed by atoms with Gasteiger partial charge >= 0.3 is 6.18 Å². The summed E-state index contributed by atoms with van der Waals surface area (Å²) in [6, 6.07) is 0. The lowest BCUT2D eigenvalue weighted by molar-refractivity contribution is -0.146. The van der Waals surface area contributed by atoms with Gasteiger partial charge in [0.05, 0.1) is 23.2 Å². The minimum Gasteiger partial charge on any atom is -0.375 e. The maximum Gasteiger partial charge on any atom is 0.391 e. The Morgan fingerprint density at radius 2 is 2.11 bits per heavy atom. The summed E-state index contributed by atoms with van der Waals surface area (Å²) < 4.78 is 43.4. The first-order valence-corrected chi connectivity index (χ1v) is 6.72. The van der Waals surface area contributed by atoms with Crippen LogP contribution in [-0.2, 0) is 17.9 Å². The van der Waals surface area contributed by atoms with Crippen LogP contribution in [0.15, 0.2) is 6.20 Å². The average Bonchev–Trinajstić information content (AvgIpc) is 2.51. The summed E-state index contributed by atoms with van der Waals surface area (Å²) in [6.45, 7) is 4.75. The molecule has 1 aromatic heterocycles. The molecular weight excluding hydrogens is 360 g/mol. The van der Waals surface area contributed by atoms with Crippen LogP contribution in [0.1, 0.15) is 26.0 Å². The monoisotopic (exact) mass is 376 g/mol. The zero-order valence-electron chi connectivity index (χ0n) is 10.3. The van der Waals surface area contributed by atoms with Gasteiger partial charge in [-0.3, -0.25) is 4.68 Å².